The molecule has 23 heavy (non-hydrogen) atoms. The molecule has 1 aliphatic rings. The second-order valence-electron chi connectivity index (χ2n) is 6.60. The van der Waals surface area contributed by atoms with Gasteiger partial charge in [0.2, 0.25) is 0 Å². The molecule has 1 fully saturated rings. The Morgan fingerprint density at radius 3 is 2.78 bits per heavy atom. The maximum absolute atomic E-state index is 12.1. The first-order valence-electron chi connectivity index (χ1n) is 7.90. The van der Waals surface area contributed by atoms with E-state index in [1.54, 1.807) is 25.6 Å². The third-order valence-corrected chi connectivity index (χ3v) is 6.77. The van der Waals surface area contributed by atoms with E-state index in [9.17, 15) is 8.42 Å². The van der Waals surface area contributed by atoms with Crippen molar-refractivity contribution in [2.24, 2.45) is 12.0 Å². The summed E-state index contributed by atoms with van der Waals surface area (Å²) in [6.45, 7) is 5.32. The number of rotatable bonds is 4. The Morgan fingerprint density at radius 2 is 2.22 bits per heavy atom. The van der Waals surface area contributed by atoms with Crippen LogP contribution in [0, 0.1) is 0 Å². The molecule has 7 nitrogen and oxygen atoms in total. The maximum atomic E-state index is 12.1. The molecule has 1 N–H and O–H groups in total. The van der Waals surface area contributed by atoms with E-state index in [1.165, 1.54) is 5.56 Å². The molecule has 0 bridgehead atoms. The fourth-order valence-electron chi connectivity index (χ4n) is 2.75. The van der Waals surface area contributed by atoms with Gasteiger partial charge < -0.3 is 10.2 Å². The van der Waals surface area contributed by atoms with Gasteiger partial charge in [-0.25, -0.2) is 8.42 Å². The van der Waals surface area contributed by atoms with Crippen molar-refractivity contribution in [3.63, 3.8) is 0 Å². The summed E-state index contributed by atoms with van der Waals surface area (Å²) >= 11 is 0. The van der Waals surface area contributed by atoms with Crippen LogP contribution >= 0.6 is 0 Å². The first-order valence-corrected chi connectivity index (χ1v) is 9.56. The van der Waals surface area contributed by atoms with Crippen molar-refractivity contribution in [3.05, 3.63) is 18.0 Å². The third kappa shape index (κ3) is 4.25. The summed E-state index contributed by atoms with van der Waals surface area (Å²) in [6, 6.07) is 0. The number of aromatic nitrogens is 2. The van der Waals surface area contributed by atoms with Crippen LogP contribution in [0.25, 0.3) is 0 Å². The van der Waals surface area contributed by atoms with Crippen LogP contribution in [0.5, 0.6) is 0 Å². The molecule has 1 aromatic rings. The van der Waals surface area contributed by atoms with E-state index in [-0.39, 0.29) is 5.75 Å². The lowest BCUT2D eigenvalue weighted by atomic mass is 10.2. The lowest BCUT2D eigenvalue weighted by Crippen LogP contribution is -2.57. The summed E-state index contributed by atoms with van der Waals surface area (Å²) in [5.74, 6) is 0.954. The van der Waals surface area contributed by atoms with Crippen molar-refractivity contribution in [2.45, 2.75) is 31.4 Å². The van der Waals surface area contributed by atoms with Crippen molar-refractivity contribution < 1.29 is 8.42 Å². The van der Waals surface area contributed by atoms with E-state index in [0.717, 1.165) is 25.3 Å². The zero-order valence-electron chi connectivity index (χ0n) is 14.4. The summed E-state index contributed by atoms with van der Waals surface area (Å²) < 4.78 is 25.2. The summed E-state index contributed by atoms with van der Waals surface area (Å²) in [5.41, 5.74) is 1.22. The molecule has 0 saturated carbocycles. The molecule has 2 heterocycles. The molecule has 130 valence electrons. The molecule has 0 atom stereocenters. The SMILES string of the molecule is CN=C(NCCCc1cnn(C)c1)N1CCS(=O)(=O)C(C)(C)C1. The summed E-state index contributed by atoms with van der Waals surface area (Å²) in [6.07, 6.45) is 5.83. The average molecular weight is 341 g/mol. The monoisotopic (exact) mass is 341 g/mol. The Bertz CT molecular complexity index is 663. The normalized spacial score (nSPS) is 20.5. The molecule has 0 amide bonds. The second kappa shape index (κ2) is 6.90. The molecule has 0 aliphatic carbocycles. The molecule has 8 heteroatoms. The first-order chi connectivity index (χ1) is 10.7. The highest BCUT2D eigenvalue weighted by atomic mass is 32.2. The first kappa shape index (κ1) is 17.8. The number of nitrogens with one attached hydrogen (secondary N) is 1. The summed E-state index contributed by atoms with van der Waals surface area (Å²) in [4.78, 5) is 6.33. The number of aliphatic imine (C=N–C) groups is 1. The van der Waals surface area contributed by atoms with E-state index in [0.29, 0.717) is 13.1 Å². The minimum Gasteiger partial charge on any atom is -0.356 e. The zero-order valence-corrected chi connectivity index (χ0v) is 15.2. The zero-order chi connectivity index (χ0) is 17.1. The van der Waals surface area contributed by atoms with Crippen molar-refractivity contribution in [2.75, 3.05) is 32.4 Å². The number of hydrogen-bond acceptors (Lipinski definition) is 4. The van der Waals surface area contributed by atoms with Crippen LogP contribution in [0.15, 0.2) is 17.4 Å². The molecule has 0 aromatic carbocycles. The van der Waals surface area contributed by atoms with Gasteiger partial charge in [0.15, 0.2) is 15.8 Å². The largest absolute Gasteiger partial charge is 0.356 e. The van der Waals surface area contributed by atoms with Crippen LogP contribution in [0.1, 0.15) is 25.8 Å². The minimum absolute atomic E-state index is 0.177. The van der Waals surface area contributed by atoms with E-state index in [1.807, 2.05) is 24.3 Å². The van der Waals surface area contributed by atoms with Gasteiger partial charge in [-0.2, -0.15) is 5.10 Å². The maximum Gasteiger partial charge on any atom is 0.193 e. The molecular formula is C15H27N5O2S. The van der Waals surface area contributed by atoms with Gasteiger partial charge in [-0.3, -0.25) is 9.67 Å². The van der Waals surface area contributed by atoms with E-state index in [2.05, 4.69) is 15.4 Å². The molecule has 0 radical (unpaired) electrons. The van der Waals surface area contributed by atoms with Gasteiger partial charge in [0.1, 0.15) is 0 Å². The summed E-state index contributed by atoms with van der Waals surface area (Å²) in [5, 5.41) is 7.49. The Hall–Kier alpha value is -1.57. The molecular weight excluding hydrogens is 314 g/mol. The number of sulfone groups is 1. The Kier molecular flexibility index (Phi) is 5.33. The van der Waals surface area contributed by atoms with Gasteiger partial charge in [0, 0.05) is 39.9 Å². The fourth-order valence-corrected chi connectivity index (χ4v) is 4.12. The number of hydrogen-bond donors (Lipinski definition) is 1. The van der Waals surface area contributed by atoms with Crippen molar-refractivity contribution in [1.82, 2.24) is 20.0 Å². The van der Waals surface area contributed by atoms with Gasteiger partial charge in [0.25, 0.3) is 0 Å². The number of guanidine groups is 1. The van der Waals surface area contributed by atoms with Gasteiger partial charge in [-0.1, -0.05) is 0 Å². The van der Waals surface area contributed by atoms with Gasteiger partial charge in [0.05, 0.1) is 16.7 Å². The fraction of sp³-hybridized carbons (Fsp3) is 0.733. The molecule has 1 aromatic heterocycles. The van der Waals surface area contributed by atoms with Crippen molar-refractivity contribution in [3.8, 4) is 0 Å². The topological polar surface area (TPSA) is 79.6 Å². The third-order valence-electron chi connectivity index (χ3n) is 4.24. The average Bonchev–Trinajstić information content (AvgIpc) is 2.88. The quantitative estimate of drug-likeness (QED) is 0.488. The van der Waals surface area contributed by atoms with Crippen LogP contribution in [0.3, 0.4) is 0 Å². The van der Waals surface area contributed by atoms with Gasteiger partial charge >= 0.3 is 0 Å². The van der Waals surface area contributed by atoms with Crippen LogP contribution in [-0.4, -0.2) is 66.2 Å². The predicted octanol–water partition coefficient (Wildman–Crippen LogP) is 0.437. The highest BCUT2D eigenvalue weighted by Gasteiger charge is 2.40. The lowest BCUT2D eigenvalue weighted by Gasteiger charge is -2.39. The molecule has 2 rings (SSSR count). The van der Waals surface area contributed by atoms with E-state index < -0.39 is 14.6 Å². The van der Waals surface area contributed by atoms with Gasteiger partial charge in [-0.05, 0) is 32.3 Å². The van der Waals surface area contributed by atoms with Gasteiger partial charge in [-0.15, -0.1) is 0 Å². The highest BCUT2D eigenvalue weighted by molar-refractivity contribution is 7.92. The van der Waals surface area contributed by atoms with Crippen molar-refractivity contribution in [1.29, 1.82) is 0 Å². The van der Waals surface area contributed by atoms with Crippen LogP contribution in [-0.2, 0) is 23.3 Å². The predicted molar refractivity (Wildman–Crippen MR) is 92.3 cm³/mol. The molecule has 1 saturated heterocycles. The molecule has 0 spiro atoms. The Balaban J connectivity index is 1.84. The molecule has 1 aliphatic heterocycles. The van der Waals surface area contributed by atoms with Crippen LogP contribution in [0.4, 0.5) is 0 Å². The minimum atomic E-state index is -3.03. The highest BCUT2D eigenvalue weighted by Crippen LogP contribution is 2.23. The lowest BCUT2D eigenvalue weighted by molar-refractivity contribution is 0.353. The summed E-state index contributed by atoms with van der Waals surface area (Å²) in [7, 11) is 0.620. The number of aryl methyl sites for hydroxylation is 2. The molecule has 0 unspecified atom stereocenters. The van der Waals surface area contributed by atoms with Crippen LogP contribution < -0.4 is 5.32 Å². The van der Waals surface area contributed by atoms with Crippen LogP contribution in [0.2, 0.25) is 0 Å². The second-order valence-corrected chi connectivity index (χ2v) is 9.34. The Morgan fingerprint density at radius 1 is 1.48 bits per heavy atom. The number of nitrogens with zero attached hydrogens (tertiary/aromatic N) is 4. The Labute approximate surface area is 138 Å². The van der Waals surface area contributed by atoms with Crippen molar-refractivity contribution >= 4 is 15.8 Å². The van der Waals surface area contributed by atoms with E-state index in [4.69, 9.17) is 0 Å². The smallest absolute Gasteiger partial charge is 0.193 e. The van der Waals surface area contributed by atoms with E-state index >= 15 is 0 Å². The standard InChI is InChI=1S/C15H27N5O2S/c1-15(2)12-20(8-9-23(15,21)22)14(16-3)17-7-5-6-13-10-18-19(4)11-13/h10-11H,5-9,12H2,1-4H3,(H,16,17).